The number of allylic oxidation sites excluding steroid dienone is 2. The van der Waals surface area contributed by atoms with Crippen molar-refractivity contribution in [3.63, 3.8) is 0 Å². The summed E-state index contributed by atoms with van der Waals surface area (Å²) in [4.78, 5) is 24.3. The summed E-state index contributed by atoms with van der Waals surface area (Å²) in [6.07, 6.45) is 8.02. The molecule has 45 heavy (non-hydrogen) atoms. The number of para-hydroxylation sites is 1. The third-order valence-corrected chi connectivity index (χ3v) is 6.67. The van der Waals surface area contributed by atoms with Gasteiger partial charge in [-0.05, 0) is 59.7 Å². The van der Waals surface area contributed by atoms with Crippen LogP contribution in [0.1, 0.15) is 16.7 Å². The number of ether oxygens (including phenoxy) is 5. The molecule has 0 bridgehead atoms. The number of aromatic nitrogens is 3. The molecule has 0 amide bonds. The maximum absolute atomic E-state index is 12.5. The van der Waals surface area contributed by atoms with E-state index in [0.29, 0.717) is 46.4 Å². The molecule has 0 N–H and O–H groups in total. The van der Waals surface area contributed by atoms with Crippen LogP contribution in [0.2, 0.25) is 0 Å². The van der Waals surface area contributed by atoms with Gasteiger partial charge in [0.2, 0.25) is 0 Å². The molecule has 11 nitrogen and oxygen atoms in total. The largest absolute Gasteiger partial charge is 0.496 e. The van der Waals surface area contributed by atoms with Crippen molar-refractivity contribution in [2.24, 2.45) is 0 Å². The second kappa shape index (κ2) is 14.6. The van der Waals surface area contributed by atoms with E-state index < -0.39 is 5.63 Å². The van der Waals surface area contributed by atoms with Gasteiger partial charge in [-0.1, -0.05) is 46.7 Å². The molecular weight excluding hydrogens is 578 g/mol. The molecule has 11 heteroatoms. The van der Waals surface area contributed by atoms with E-state index in [4.69, 9.17) is 28.1 Å². The van der Waals surface area contributed by atoms with E-state index >= 15 is 0 Å². The van der Waals surface area contributed by atoms with Crippen molar-refractivity contribution in [3.05, 3.63) is 112 Å². The van der Waals surface area contributed by atoms with Gasteiger partial charge >= 0.3 is 5.63 Å². The number of methoxy groups -OCH3 is 3. The lowest BCUT2D eigenvalue weighted by molar-refractivity contribution is -0.110. The normalized spacial score (nSPS) is 11.3. The lowest BCUT2D eigenvalue weighted by atomic mass is 10.1. The van der Waals surface area contributed by atoms with Crippen molar-refractivity contribution in [3.8, 4) is 28.9 Å². The van der Waals surface area contributed by atoms with Gasteiger partial charge < -0.3 is 28.1 Å². The molecular formula is C34H31N3O8. The summed E-state index contributed by atoms with van der Waals surface area (Å²) >= 11 is 0. The summed E-state index contributed by atoms with van der Waals surface area (Å²) in [7, 11) is 4.69. The van der Waals surface area contributed by atoms with Crippen LogP contribution >= 0.6 is 0 Å². The van der Waals surface area contributed by atoms with Gasteiger partial charge in [-0.15, -0.1) is 0 Å². The van der Waals surface area contributed by atoms with Crippen LogP contribution in [-0.4, -0.2) is 48.7 Å². The highest BCUT2D eigenvalue weighted by molar-refractivity contribution is 6.04. The van der Waals surface area contributed by atoms with Crippen LogP contribution in [0.25, 0.3) is 23.1 Å². The van der Waals surface area contributed by atoms with Gasteiger partial charge in [-0.25, -0.2) is 9.48 Å². The number of hydrogen-bond acceptors (Lipinski definition) is 10. The smallest absolute Gasteiger partial charge is 0.339 e. The number of carbonyl (C=O) groups excluding carboxylic acids is 1. The number of rotatable bonds is 14. The van der Waals surface area contributed by atoms with Gasteiger partial charge in [0.05, 0.1) is 45.5 Å². The number of hydrogen-bond donors (Lipinski definition) is 0. The molecule has 0 aliphatic carbocycles. The van der Waals surface area contributed by atoms with Crippen molar-refractivity contribution in [1.29, 1.82) is 0 Å². The molecule has 0 aliphatic rings. The Labute approximate surface area is 258 Å². The van der Waals surface area contributed by atoms with Crippen molar-refractivity contribution in [2.45, 2.75) is 13.2 Å². The summed E-state index contributed by atoms with van der Waals surface area (Å²) in [5, 5.41) is 8.85. The van der Waals surface area contributed by atoms with E-state index in [9.17, 15) is 9.59 Å². The van der Waals surface area contributed by atoms with Gasteiger partial charge in [0, 0.05) is 5.56 Å². The van der Waals surface area contributed by atoms with Gasteiger partial charge in [0.1, 0.15) is 30.3 Å². The number of nitrogens with zero attached hydrogens (tertiary/aromatic N) is 3. The predicted molar refractivity (Wildman–Crippen MR) is 168 cm³/mol. The van der Waals surface area contributed by atoms with Gasteiger partial charge in [0.25, 0.3) is 5.88 Å². The summed E-state index contributed by atoms with van der Waals surface area (Å²) in [5.41, 5.74) is 2.38. The first-order valence-electron chi connectivity index (χ1n) is 13.9. The van der Waals surface area contributed by atoms with Gasteiger partial charge in [0.15, 0.2) is 17.3 Å². The van der Waals surface area contributed by atoms with Crippen LogP contribution < -0.4 is 29.3 Å². The van der Waals surface area contributed by atoms with E-state index in [1.54, 1.807) is 68.6 Å². The Hall–Kier alpha value is -5.84. The second-order valence-corrected chi connectivity index (χ2v) is 9.64. The molecule has 0 unspecified atom stereocenters. The third-order valence-electron chi connectivity index (χ3n) is 6.67. The minimum absolute atomic E-state index is 0.185. The number of benzene rings is 3. The molecule has 2 aromatic heterocycles. The average molecular weight is 610 g/mol. The van der Waals surface area contributed by atoms with Gasteiger partial charge in [-0.2, -0.15) is 0 Å². The van der Waals surface area contributed by atoms with E-state index in [1.165, 1.54) is 18.2 Å². The molecule has 0 aliphatic heterocycles. The Morgan fingerprint density at radius 3 is 2.47 bits per heavy atom. The van der Waals surface area contributed by atoms with Crippen LogP contribution in [0, 0.1) is 0 Å². The highest BCUT2D eigenvalue weighted by atomic mass is 16.5. The van der Waals surface area contributed by atoms with E-state index in [0.717, 1.165) is 16.7 Å². The molecule has 5 rings (SSSR count). The number of carbonyl (C=O) groups is 1. The maximum atomic E-state index is 12.5. The van der Waals surface area contributed by atoms with Crippen LogP contribution in [0.15, 0.2) is 94.3 Å². The van der Waals surface area contributed by atoms with Crippen molar-refractivity contribution in [2.75, 3.05) is 27.9 Å². The number of ketones is 1. The zero-order chi connectivity index (χ0) is 31.6. The zero-order valence-corrected chi connectivity index (χ0v) is 25.0. The van der Waals surface area contributed by atoms with Crippen LogP contribution in [-0.2, 0) is 17.9 Å². The van der Waals surface area contributed by atoms with E-state index in [2.05, 4.69) is 10.3 Å². The average Bonchev–Trinajstić information content (AvgIpc) is 3.52. The lowest BCUT2D eigenvalue weighted by Crippen LogP contribution is -2.10. The first-order chi connectivity index (χ1) is 21.9. The summed E-state index contributed by atoms with van der Waals surface area (Å²) in [6, 6.07) is 19.5. The van der Waals surface area contributed by atoms with Crippen LogP contribution in [0.3, 0.4) is 0 Å². The quantitative estimate of drug-likeness (QED) is 0.120. The third kappa shape index (κ3) is 7.96. The van der Waals surface area contributed by atoms with E-state index in [-0.39, 0.29) is 19.0 Å². The molecule has 3 aromatic carbocycles. The lowest BCUT2D eigenvalue weighted by Gasteiger charge is -2.09. The SMILES string of the molecule is COc1cc(COc2cn(CCOc3cc(=O)oc4ccccc34)nn2)ccc1/C=C/C(=O)/C=C/c1ccc(OC)c(OC)c1. The molecule has 0 atom stereocenters. The number of fused-ring (bicyclic) bond motifs is 1. The fourth-order valence-corrected chi connectivity index (χ4v) is 4.41. The molecule has 0 fully saturated rings. The van der Waals surface area contributed by atoms with E-state index in [1.807, 2.05) is 36.4 Å². The zero-order valence-electron chi connectivity index (χ0n) is 25.0. The fraction of sp³-hybridized carbons (Fsp3) is 0.176. The molecule has 2 heterocycles. The Bertz CT molecular complexity index is 1910. The highest BCUT2D eigenvalue weighted by Gasteiger charge is 2.09. The van der Waals surface area contributed by atoms with Crippen LogP contribution in [0.4, 0.5) is 0 Å². The van der Waals surface area contributed by atoms with Crippen molar-refractivity contribution in [1.82, 2.24) is 15.0 Å². The highest BCUT2D eigenvalue weighted by Crippen LogP contribution is 2.28. The topological polar surface area (TPSA) is 124 Å². The molecule has 0 radical (unpaired) electrons. The Kier molecular flexibility index (Phi) is 9.90. The second-order valence-electron chi connectivity index (χ2n) is 9.64. The maximum Gasteiger partial charge on any atom is 0.339 e. The monoisotopic (exact) mass is 609 g/mol. The summed E-state index contributed by atoms with van der Waals surface area (Å²) in [6.45, 7) is 0.882. The Balaban J connectivity index is 1.13. The molecule has 230 valence electrons. The first kappa shape index (κ1) is 30.6. The molecule has 0 saturated carbocycles. The molecule has 0 saturated heterocycles. The van der Waals surface area contributed by atoms with Crippen molar-refractivity contribution >= 4 is 28.9 Å². The van der Waals surface area contributed by atoms with Crippen molar-refractivity contribution < 1.29 is 32.9 Å². The fourth-order valence-electron chi connectivity index (χ4n) is 4.41. The Morgan fingerprint density at radius 1 is 0.844 bits per heavy atom. The first-order valence-corrected chi connectivity index (χ1v) is 13.9. The van der Waals surface area contributed by atoms with Crippen LogP contribution in [0.5, 0.6) is 28.9 Å². The summed E-state index contributed by atoms with van der Waals surface area (Å²) in [5.74, 6) is 2.39. The summed E-state index contributed by atoms with van der Waals surface area (Å²) < 4.78 is 34.5. The molecule has 5 aromatic rings. The molecule has 0 spiro atoms. The predicted octanol–water partition coefficient (Wildman–Crippen LogP) is 5.36. The Morgan fingerprint density at radius 2 is 1.64 bits per heavy atom. The van der Waals surface area contributed by atoms with Gasteiger partial charge in [-0.3, -0.25) is 4.79 Å². The standard InChI is InChI=1S/C34H31N3O8/c1-40-29-15-10-23(18-32(29)42-3)9-13-26(38)14-12-25-11-8-24(19-30(25)41-2)22-44-33-21-37(36-35-33)16-17-43-31-20-34(39)45-28-7-5-4-6-27(28)31/h4-15,18-21H,16-17,22H2,1-3H3/b13-9+,14-12+. The minimum atomic E-state index is -0.478. The minimum Gasteiger partial charge on any atom is -0.496 e.